The number of anilines is 2. The zero-order valence-corrected chi connectivity index (χ0v) is 16.7. The first kappa shape index (κ1) is 21.2. The quantitative estimate of drug-likeness (QED) is 0.713. The van der Waals surface area contributed by atoms with Gasteiger partial charge < -0.3 is 15.4 Å². The summed E-state index contributed by atoms with van der Waals surface area (Å²) in [5.41, 5.74) is 5.37. The molecule has 6 nitrogen and oxygen atoms in total. The SMILES string of the molecule is Cc1ccc(NC(=O)CCC(=O)OCC(=O)Nc2c(C)cccc2C)c(C)c1. The van der Waals surface area contributed by atoms with Gasteiger partial charge in [0.15, 0.2) is 6.61 Å². The van der Waals surface area contributed by atoms with Gasteiger partial charge in [-0.2, -0.15) is 0 Å². The molecule has 0 aliphatic rings. The molecule has 0 heterocycles. The van der Waals surface area contributed by atoms with Gasteiger partial charge in [-0.3, -0.25) is 14.4 Å². The van der Waals surface area contributed by atoms with Gasteiger partial charge in [0.05, 0.1) is 6.42 Å². The first-order chi connectivity index (χ1) is 13.3. The van der Waals surface area contributed by atoms with Crippen LogP contribution in [0.1, 0.15) is 35.1 Å². The summed E-state index contributed by atoms with van der Waals surface area (Å²) in [6.45, 7) is 7.29. The highest BCUT2D eigenvalue weighted by Gasteiger charge is 2.13. The van der Waals surface area contributed by atoms with Crippen LogP contribution < -0.4 is 10.6 Å². The number of aryl methyl sites for hydroxylation is 4. The lowest BCUT2D eigenvalue weighted by atomic mass is 10.1. The lowest BCUT2D eigenvalue weighted by molar-refractivity contribution is -0.147. The van der Waals surface area contributed by atoms with E-state index >= 15 is 0 Å². The van der Waals surface area contributed by atoms with Crippen LogP contribution in [0.2, 0.25) is 0 Å². The first-order valence-electron chi connectivity index (χ1n) is 9.15. The molecule has 0 saturated heterocycles. The molecule has 2 amide bonds. The molecular formula is C22H26N2O4. The van der Waals surface area contributed by atoms with Crippen molar-refractivity contribution in [2.75, 3.05) is 17.2 Å². The maximum Gasteiger partial charge on any atom is 0.306 e. The van der Waals surface area contributed by atoms with E-state index in [1.54, 1.807) is 0 Å². The fraction of sp³-hybridized carbons (Fsp3) is 0.318. The number of esters is 1. The third kappa shape index (κ3) is 6.23. The van der Waals surface area contributed by atoms with E-state index in [-0.39, 0.29) is 25.4 Å². The molecule has 2 rings (SSSR count). The molecule has 2 aromatic carbocycles. The smallest absolute Gasteiger partial charge is 0.306 e. The van der Waals surface area contributed by atoms with Crippen LogP contribution in [0.15, 0.2) is 36.4 Å². The average Bonchev–Trinajstić information content (AvgIpc) is 2.64. The molecule has 2 N–H and O–H groups in total. The highest BCUT2D eigenvalue weighted by atomic mass is 16.5. The van der Waals surface area contributed by atoms with Gasteiger partial charge in [-0.05, 0) is 50.5 Å². The number of hydrogen-bond donors (Lipinski definition) is 2. The maximum atomic E-state index is 12.0. The summed E-state index contributed by atoms with van der Waals surface area (Å²) in [4.78, 5) is 35.8. The highest BCUT2D eigenvalue weighted by molar-refractivity contribution is 5.95. The van der Waals surface area contributed by atoms with Gasteiger partial charge >= 0.3 is 5.97 Å². The molecule has 0 spiro atoms. The number of hydrogen-bond acceptors (Lipinski definition) is 4. The first-order valence-corrected chi connectivity index (χ1v) is 9.15. The number of ether oxygens (including phenoxy) is 1. The van der Waals surface area contributed by atoms with Crippen LogP contribution in [0.3, 0.4) is 0 Å². The second-order valence-corrected chi connectivity index (χ2v) is 6.84. The number of amides is 2. The normalized spacial score (nSPS) is 10.3. The van der Waals surface area contributed by atoms with Crippen LogP contribution in [-0.4, -0.2) is 24.4 Å². The Kier molecular flexibility index (Phi) is 7.32. The van der Waals surface area contributed by atoms with Crippen molar-refractivity contribution in [3.8, 4) is 0 Å². The van der Waals surface area contributed by atoms with Crippen molar-refractivity contribution in [3.05, 3.63) is 58.7 Å². The summed E-state index contributed by atoms with van der Waals surface area (Å²) in [6.07, 6.45) is -0.0991. The Hall–Kier alpha value is -3.15. The molecule has 0 atom stereocenters. The largest absolute Gasteiger partial charge is 0.456 e. The third-order valence-electron chi connectivity index (χ3n) is 4.32. The lowest BCUT2D eigenvalue weighted by Crippen LogP contribution is -2.22. The van der Waals surface area contributed by atoms with E-state index in [4.69, 9.17) is 4.74 Å². The number of carbonyl (C=O) groups excluding carboxylic acids is 3. The molecule has 0 aliphatic carbocycles. The molecule has 0 fully saturated rings. The van der Waals surface area contributed by atoms with E-state index in [1.807, 2.05) is 64.1 Å². The molecule has 0 aromatic heterocycles. The molecule has 2 aromatic rings. The molecular weight excluding hydrogens is 356 g/mol. The fourth-order valence-electron chi connectivity index (χ4n) is 2.79. The second-order valence-electron chi connectivity index (χ2n) is 6.84. The molecule has 0 aliphatic heterocycles. The Morgan fingerprint density at radius 3 is 2.14 bits per heavy atom. The summed E-state index contributed by atoms with van der Waals surface area (Å²) in [7, 11) is 0. The average molecular weight is 382 g/mol. The Labute approximate surface area is 165 Å². The molecule has 0 radical (unpaired) electrons. The van der Waals surface area contributed by atoms with Gasteiger partial charge in [0, 0.05) is 17.8 Å². The Balaban J connectivity index is 1.74. The molecule has 148 valence electrons. The van der Waals surface area contributed by atoms with Crippen LogP contribution in [0.25, 0.3) is 0 Å². The number of carbonyl (C=O) groups is 3. The molecule has 0 unspecified atom stereocenters. The monoisotopic (exact) mass is 382 g/mol. The van der Waals surface area contributed by atoms with E-state index in [0.29, 0.717) is 0 Å². The maximum absolute atomic E-state index is 12.0. The summed E-state index contributed by atoms with van der Waals surface area (Å²) in [5.74, 6) is -1.28. The van der Waals surface area contributed by atoms with Gasteiger partial charge in [0.1, 0.15) is 0 Å². The van der Waals surface area contributed by atoms with Crippen molar-refractivity contribution in [1.29, 1.82) is 0 Å². The highest BCUT2D eigenvalue weighted by Crippen LogP contribution is 2.19. The summed E-state index contributed by atoms with van der Waals surface area (Å²) in [6, 6.07) is 11.4. The molecule has 0 bridgehead atoms. The number of para-hydroxylation sites is 1. The zero-order chi connectivity index (χ0) is 20.7. The standard InChI is InChI=1S/C22H26N2O4/c1-14-8-9-18(17(4)12-14)23-19(25)10-11-21(27)28-13-20(26)24-22-15(2)6-5-7-16(22)3/h5-9,12H,10-11,13H2,1-4H3,(H,23,25)(H,24,26). The number of nitrogens with one attached hydrogen (secondary N) is 2. The van der Waals surface area contributed by atoms with E-state index in [9.17, 15) is 14.4 Å². The topological polar surface area (TPSA) is 84.5 Å². The predicted octanol–water partition coefficient (Wildman–Crippen LogP) is 3.82. The van der Waals surface area contributed by atoms with Crippen molar-refractivity contribution in [2.24, 2.45) is 0 Å². The van der Waals surface area contributed by atoms with Crippen molar-refractivity contribution < 1.29 is 19.1 Å². The summed E-state index contributed by atoms with van der Waals surface area (Å²) in [5, 5.41) is 5.52. The van der Waals surface area contributed by atoms with Crippen LogP contribution in [-0.2, 0) is 19.1 Å². The summed E-state index contributed by atoms with van der Waals surface area (Å²) >= 11 is 0. The molecule has 6 heteroatoms. The van der Waals surface area contributed by atoms with E-state index in [1.165, 1.54) is 0 Å². The van der Waals surface area contributed by atoms with Crippen molar-refractivity contribution in [2.45, 2.75) is 40.5 Å². The minimum absolute atomic E-state index is 0.00926. The van der Waals surface area contributed by atoms with Crippen LogP contribution >= 0.6 is 0 Å². The second kappa shape index (κ2) is 9.69. The van der Waals surface area contributed by atoms with Crippen LogP contribution in [0.5, 0.6) is 0 Å². The minimum atomic E-state index is -0.590. The van der Waals surface area contributed by atoms with Crippen molar-refractivity contribution in [1.82, 2.24) is 0 Å². The molecule has 0 saturated carbocycles. The van der Waals surface area contributed by atoms with Crippen LogP contribution in [0, 0.1) is 27.7 Å². The van der Waals surface area contributed by atoms with E-state index < -0.39 is 11.9 Å². The fourth-order valence-corrected chi connectivity index (χ4v) is 2.79. The third-order valence-corrected chi connectivity index (χ3v) is 4.32. The van der Waals surface area contributed by atoms with Gasteiger partial charge in [0.2, 0.25) is 5.91 Å². The van der Waals surface area contributed by atoms with Gasteiger partial charge in [-0.1, -0.05) is 35.9 Å². The van der Waals surface area contributed by atoms with Gasteiger partial charge in [-0.15, -0.1) is 0 Å². The number of rotatable bonds is 7. The van der Waals surface area contributed by atoms with Crippen molar-refractivity contribution >= 4 is 29.2 Å². The minimum Gasteiger partial charge on any atom is -0.456 e. The molecule has 28 heavy (non-hydrogen) atoms. The lowest BCUT2D eigenvalue weighted by Gasteiger charge is -2.12. The Morgan fingerprint density at radius 2 is 1.50 bits per heavy atom. The zero-order valence-electron chi connectivity index (χ0n) is 16.7. The van der Waals surface area contributed by atoms with E-state index in [0.717, 1.165) is 33.6 Å². The Morgan fingerprint density at radius 1 is 0.821 bits per heavy atom. The van der Waals surface area contributed by atoms with E-state index in [2.05, 4.69) is 10.6 Å². The van der Waals surface area contributed by atoms with Crippen LogP contribution in [0.4, 0.5) is 11.4 Å². The summed E-state index contributed by atoms with van der Waals surface area (Å²) < 4.78 is 4.96. The van der Waals surface area contributed by atoms with Crippen molar-refractivity contribution in [3.63, 3.8) is 0 Å². The Bertz CT molecular complexity index is 870. The van der Waals surface area contributed by atoms with Gasteiger partial charge in [0.25, 0.3) is 5.91 Å². The van der Waals surface area contributed by atoms with Gasteiger partial charge in [-0.25, -0.2) is 0 Å². The number of benzene rings is 2. The predicted molar refractivity (Wildman–Crippen MR) is 109 cm³/mol.